The Morgan fingerprint density at radius 2 is 1.47 bits per heavy atom. The highest BCUT2D eigenvalue weighted by Crippen LogP contribution is 2.45. The third-order valence-corrected chi connectivity index (χ3v) is 13.7. The summed E-state index contributed by atoms with van der Waals surface area (Å²) < 4.78 is 19.5. The molecular weight excluding hydrogens is 484 g/mol. The van der Waals surface area contributed by atoms with E-state index in [1.54, 1.807) is 14.2 Å². The van der Waals surface area contributed by atoms with E-state index in [9.17, 15) is 0 Å². The summed E-state index contributed by atoms with van der Waals surface area (Å²) in [5.74, 6) is 1.61. The molecule has 0 amide bonds. The van der Waals surface area contributed by atoms with Crippen LogP contribution in [0.3, 0.4) is 0 Å². The van der Waals surface area contributed by atoms with Crippen molar-refractivity contribution in [3.05, 3.63) is 85.0 Å². The van der Waals surface area contributed by atoms with Gasteiger partial charge in [0.05, 0.1) is 0 Å². The van der Waals surface area contributed by atoms with Gasteiger partial charge in [0.25, 0.3) is 8.32 Å². The first-order valence-corrected chi connectivity index (χ1v) is 16.1. The second kappa shape index (κ2) is 13.4. The average molecular weight is 535 g/mol. The maximum Gasteiger partial charge on any atom is 0.261 e. The maximum atomic E-state index is 7.62. The Morgan fingerprint density at radius 1 is 0.947 bits per heavy atom. The molecule has 3 nitrogen and oxygen atoms in total. The van der Waals surface area contributed by atoms with Crippen molar-refractivity contribution in [3.8, 4) is 0 Å². The lowest BCUT2D eigenvalue weighted by molar-refractivity contribution is -0.168. The number of hydrogen-bond donors (Lipinski definition) is 0. The minimum Gasteiger partial charge on any atom is -0.404 e. The molecule has 3 rings (SSSR count). The topological polar surface area (TPSA) is 27.7 Å². The molecule has 38 heavy (non-hydrogen) atoms. The summed E-state index contributed by atoms with van der Waals surface area (Å²) in [5, 5.41) is 2.55. The standard InChI is InChI=1S/C34H50O3Si/c1-10-17-27(24-31-26(4)22-23-30(25(2)3)32(31)33(35-8)36-9)37-38(34(5,6)7,28-18-13-11-14-19-28)29-20-15-12-16-21-29/h10-16,18-22,25,27,30-33H,1,17,23-24H2,2-9H3/t27-,30-,31+,32-/m1/s1. The Labute approximate surface area is 233 Å². The quantitative estimate of drug-likeness (QED) is 0.162. The Bertz CT molecular complexity index is 981. The Balaban J connectivity index is 2.12. The molecule has 0 saturated heterocycles. The first kappa shape index (κ1) is 30.6. The molecule has 0 bridgehead atoms. The highest BCUT2D eigenvalue weighted by Gasteiger charge is 2.52. The van der Waals surface area contributed by atoms with Crippen molar-refractivity contribution in [1.29, 1.82) is 0 Å². The van der Waals surface area contributed by atoms with Gasteiger partial charge in [-0.1, -0.05) is 113 Å². The van der Waals surface area contributed by atoms with Crippen LogP contribution >= 0.6 is 0 Å². The van der Waals surface area contributed by atoms with Gasteiger partial charge >= 0.3 is 0 Å². The average Bonchev–Trinajstić information content (AvgIpc) is 2.89. The minimum atomic E-state index is -2.69. The van der Waals surface area contributed by atoms with Crippen molar-refractivity contribution >= 4 is 18.7 Å². The molecule has 1 aliphatic rings. The van der Waals surface area contributed by atoms with Crippen LogP contribution < -0.4 is 10.4 Å². The molecule has 0 saturated carbocycles. The molecule has 0 spiro atoms. The SMILES string of the molecule is C=CC[C@H](C[C@H]1C(C)=CC[C@H](C(C)C)[C@H]1C(OC)OC)O[Si](c1ccccc1)(c1ccccc1)C(C)(C)C. The summed E-state index contributed by atoms with van der Waals surface area (Å²) in [6.07, 6.45) is 7.04. The minimum absolute atomic E-state index is 0.0231. The van der Waals surface area contributed by atoms with Gasteiger partial charge in [0.2, 0.25) is 0 Å². The molecule has 4 atom stereocenters. The lowest BCUT2D eigenvalue weighted by Crippen LogP contribution is -2.67. The van der Waals surface area contributed by atoms with E-state index in [0.717, 1.165) is 19.3 Å². The van der Waals surface area contributed by atoms with Crippen molar-refractivity contribution in [2.45, 2.75) is 78.2 Å². The number of rotatable bonds is 12. The molecule has 208 valence electrons. The van der Waals surface area contributed by atoms with Gasteiger partial charge in [0.1, 0.15) is 0 Å². The fourth-order valence-corrected chi connectivity index (χ4v) is 11.4. The molecule has 4 heteroatoms. The van der Waals surface area contributed by atoms with E-state index in [2.05, 4.69) is 115 Å². The number of ether oxygens (including phenoxy) is 2. The van der Waals surface area contributed by atoms with E-state index in [-0.39, 0.29) is 23.4 Å². The second-order valence-electron chi connectivity index (χ2n) is 12.3. The molecule has 0 unspecified atom stereocenters. The maximum absolute atomic E-state index is 7.62. The van der Waals surface area contributed by atoms with Gasteiger partial charge in [-0.25, -0.2) is 0 Å². The second-order valence-corrected chi connectivity index (χ2v) is 16.5. The van der Waals surface area contributed by atoms with Crippen LogP contribution in [0.15, 0.2) is 85.0 Å². The van der Waals surface area contributed by atoms with Crippen molar-refractivity contribution in [1.82, 2.24) is 0 Å². The third kappa shape index (κ3) is 6.42. The third-order valence-electron chi connectivity index (χ3n) is 8.60. The zero-order chi connectivity index (χ0) is 27.9. The zero-order valence-corrected chi connectivity index (χ0v) is 25.9. The van der Waals surface area contributed by atoms with Crippen molar-refractivity contribution < 1.29 is 13.9 Å². The summed E-state index contributed by atoms with van der Waals surface area (Å²) >= 11 is 0. The molecule has 0 aromatic heterocycles. The summed E-state index contributed by atoms with van der Waals surface area (Å²) in [6, 6.07) is 21.9. The highest BCUT2D eigenvalue weighted by atomic mass is 28.4. The Hall–Kier alpha value is -1.98. The van der Waals surface area contributed by atoms with Gasteiger partial charge in [-0.2, -0.15) is 0 Å². The zero-order valence-electron chi connectivity index (χ0n) is 24.9. The van der Waals surface area contributed by atoms with Crippen LogP contribution in [-0.2, 0) is 13.9 Å². The number of methoxy groups -OCH3 is 2. The van der Waals surface area contributed by atoms with Crippen LogP contribution in [0.5, 0.6) is 0 Å². The van der Waals surface area contributed by atoms with Crippen LogP contribution in [-0.4, -0.2) is 34.9 Å². The number of hydrogen-bond acceptors (Lipinski definition) is 3. The van der Waals surface area contributed by atoms with Gasteiger partial charge < -0.3 is 13.9 Å². The molecule has 0 N–H and O–H groups in total. The molecule has 0 radical (unpaired) electrons. The first-order chi connectivity index (χ1) is 18.1. The van der Waals surface area contributed by atoms with Gasteiger partial charge in [-0.05, 0) is 59.4 Å². The van der Waals surface area contributed by atoms with E-state index in [1.807, 2.05) is 6.08 Å². The van der Waals surface area contributed by atoms with Gasteiger partial charge in [-0.15, -0.1) is 6.58 Å². The largest absolute Gasteiger partial charge is 0.404 e. The van der Waals surface area contributed by atoms with E-state index in [1.165, 1.54) is 15.9 Å². The lowest BCUT2D eigenvalue weighted by Gasteiger charge is -2.47. The molecule has 1 aliphatic carbocycles. The summed E-state index contributed by atoms with van der Waals surface area (Å²) in [5.41, 5.74) is 1.42. The fraction of sp³-hybridized carbons (Fsp3) is 0.529. The predicted molar refractivity (Wildman–Crippen MR) is 163 cm³/mol. The predicted octanol–water partition coefficient (Wildman–Crippen LogP) is 7.37. The van der Waals surface area contributed by atoms with Gasteiger partial charge in [0.15, 0.2) is 6.29 Å². The van der Waals surface area contributed by atoms with Crippen molar-refractivity contribution in [2.24, 2.45) is 23.7 Å². The van der Waals surface area contributed by atoms with E-state index >= 15 is 0 Å². The fourth-order valence-electron chi connectivity index (χ4n) is 6.70. The summed E-state index contributed by atoms with van der Waals surface area (Å²) in [4.78, 5) is 0. The molecule has 0 fully saturated rings. The van der Waals surface area contributed by atoms with Crippen LogP contribution in [0.2, 0.25) is 5.04 Å². The Morgan fingerprint density at radius 3 is 1.89 bits per heavy atom. The lowest BCUT2D eigenvalue weighted by atomic mass is 9.66. The molecule has 0 heterocycles. The Kier molecular flexibility index (Phi) is 10.8. The number of allylic oxidation sites excluding steroid dienone is 2. The monoisotopic (exact) mass is 534 g/mol. The van der Waals surface area contributed by atoms with Crippen molar-refractivity contribution in [3.63, 3.8) is 0 Å². The van der Waals surface area contributed by atoms with Crippen LogP contribution in [0.4, 0.5) is 0 Å². The number of benzene rings is 2. The van der Waals surface area contributed by atoms with E-state index < -0.39 is 8.32 Å². The van der Waals surface area contributed by atoms with Crippen LogP contribution in [0.1, 0.15) is 60.8 Å². The normalized spacial score (nSPS) is 21.4. The van der Waals surface area contributed by atoms with Crippen LogP contribution in [0, 0.1) is 23.7 Å². The van der Waals surface area contributed by atoms with E-state index in [0.29, 0.717) is 17.8 Å². The molecular formula is C34H50O3Si. The molecule has 0 aliphatic heterocycles. The first-order valence-electron chi connectivity index (χ1n) is 14.2. The smallest absolute Gasteiger partial charge is 0.261 e. The van der Waals surface area contributed by atoms with Gasteiger partial charge in [-0.3, -0.25) is 0 Å². The van der Waals surface area contributed by atoms with Crippen LogP contribution in [0.25, 0.3) is 0 Å². The van der Waals surface area contributed by atoms with E-state index in [4.69, 9.17) is 13.9 Å². The van der Waals surface area contributed by atoms with Crippen molar-refractivity contribution in [2.75, 3.05) is 14.2 Å². The molecule has 2 aromatic carbocycles. The van der Waals surface area contributed by atoms with Gasteiger partial charge in [0, 0.05) is 26.2 Å². The summed E-state index contributed by atoms with van der Waals surface area (Å²) in [7, 11) is 0.858. The summed E-state index contributed by atoms with van der Waals surface area (Å²) in [6.45, 7) is 18.1. The highest BCUT2D eigenvalue weighted by molar-refractivity contribution is 6.99. The molecule has 2 aromatic rings.